The minimum Gasteiger partial charge on any atom is -0.469 e. The fraction of sp³-hybridized carbons (Fsp3) is 0.714. The number of aliphatic hydroxyl groups is 2. The summed E-state index contributed by atoms with van der Waals surface area (Å²) >= 11 is 0. The molecule has 2 N–H and O–H groups in total. The summed E-state index contributed by atoms with van der Waals surface area (Å²) in [5.74, 6) is -0.708. The molecule has 0 saturated carbocycles. The van der Waals surface area contributed by atoms with Gasteiger partial charge in [-0.25, -0.2) is 4.79 Å². The average Bonchev–Trinajstić information content (AvgIpc) is 2.46. The van der Waals surface area contributed by atoms with Gasteiger partial charge in [0.25, 0.3) is 0 Å². The summed E-state index contributed by atoms with van der Waals surface area (Å²) < 4.78 is 9.23. The summed E-state index contributed by atoms with van der Waals surface area (Å²) in [4.78, 5) is 22.0. The summed E-state index contributed by atoms with van der Waals surface area (Å²) in [5.41, 5.74) is 0. The Kier molecular flexibility index (Phi) is 11.7. The molecule has 0 aromatic rings. The van der Waals surface area contributed by atoms with Gasteiger partial charge < -0.3 is 19.7 Å². The Morgan fingerprint density at radius 1 is 1.20 bits per heavy atom. The Bertz CT molecular complexity index is 300. The van der Waals surface area contributed by atoms with Crippen molar-refractivity contribution >= 4 is 11.9 Å². The van der Waals surface area contributed by atoms with Crippen LogP contribution in [0.3, 0.4) is 0 Å². The van der Waals surface area contributed by atoms with Crippen molar-refractivity contribution in [2.45, 2.75) is 44.6 Å². The van der Waals surface area contributed by atoms with Gasteiger partial charge in [0.2, 0.25) is 0 Å². The molecule has 0 unspecified atom stereocenters. The normalized spacial score (nSPS) is 12.3. The maximum absolute atomic E-state index is 11.2. The number of ether oxygens (including phenoxy) is 2. The zero-order valence-electron chi connectivity index (χ0n) is 11.9. The molecule has 0 aliphatic heterocycles. The molecular weight excluding hydrogens is 264 g/mol. The van der Waals surface area contributed by atoms with Gasteiger partial charge in [-0.3, -0.25) is 4.79 Å². The minimum absolute atomic E-state index is 0.183. The smallest absolute Gasteiger partial charge is 0.330 e. The lowest BCUT2D eigenvalue weighted by atomic mass is 10.1. The van der Waals surface area contributed by atoms with Crippen molar-refractivity contribution < 1.29 is 29.3 Å². The molecule has 0 saturated heterocycles. The third-order valence-corrected chi connectivity index (χ3v) is 2.61. The quantitative estimate of drug-likeness (QED) is 0.334. The SMILES string of the molecule is COC(=O)CCCCCCC=CC(=O)OC[C@H](O)CO. The highest BCUT2D eigenvalue weighted by Crippen LogP contribution is 2.06. The van der Waals surface area contributed by atoms with E-state index in [1.807, 2.05) is 0 Å². The molecule has 0 aliphatic carbocycles. The van der Waals surface area contributed by atoms with Crippen LogP contribution in [0.1, 0.15) is 38.5 Å². The Hall–Kier alpha value is -1.40. The largest absolute Gasteiger partial charge is 0.469 e. The van der Waals surface area contributed by atoms with Crippen LogP contribution in [-0.2, 0) is 19.1 Å². The second-order valence-electron chi connectivity index (χ2n) is 4.40. The molecule has 0 heterocycles. The molecule has 0 radical (unpaired) electrons. The summed E-state index contributed by atoms with van der Waals surface area (Å²) in [6, 6.07) is 0. The molecular formula is C14H24O6. The van der Waals surface area contributed by atoms with E-state index in [0.717, 1.165) is 32.1 Å². The van der Waals surface area contributed by atoms with E-state index < -0.39 is 18.7 Å². The first-order valence-corrected chi connectivity index (χ1v) is 6.79. The lowest BCUT2D eigenvalue weighted by Gasteiger charge is -2.05. The van der Waals surface area contributed by atoms with E-state index >= 15 is 0 Å². The van der Waals surface area contributed by atoms with Gasteiger partial charge in [0.1, 0.15) is 12.7 Å². The van der Waals surface area contributed by atoms with Crippen LogP contribution in [0.15, 0.2) is 12.2 Å². The molecule has 0 fully saturated rings. The summed E-state index contributed by atoms with van der Waals surface area (Å²) in [5, 5.41) is 17.5. The van der Waals surface area contributed by atoms with Gasteiger partial charge in [-0.05, 0) is 19.3 Å². The minimum atomic E-state index is -1.03. The van der Waals surface area contributed by atoms with Crippen molar-refractivity contribution in [3.63, 3.8) is 0 Å². The van der Waals surface area contributed by atoms with Crippen molar-refractivity contribution in [1.29, 1.82) is 0 Å². The van der Waals surface area contributed by atoms with E-state index in [0.29, 0.717) is 6.42 Å². The summed E-state index contributed by atoms with van der Waals surface area (Å²) in [7, 11) is 1.38. The van der Waals surface area contributed by atoms with E-state index in [4.69, 9.17) is 14.9 Å². The molecule has 0 aromatic heterocycles. The van der Waals surface area contributed by atoms with Crippen LogP contribution in [0.25, 0.3) is 0 Å². The first kappa shape index (κ1) is 18.6. The van der Waals surface area contributed by atoms with Crippen molar-refractivity contribution in [3.8, 4) is 0 Å². The molecule has 1 atom stereocenters. The molecule has 0 aliphatic rings. The van der Waals surface area contributed by atoms with Gasteiger partial charge in [0.15, 0.2) is 0 Å². The zero-order chi connectivity index (χ0) is 15.2. The number of rotatable bonds is 11. The lowest BCUT2D eigenvalue weighted by Crippen LogP contribution is -2.21. The van der Waals surface area contributed by atoms with Gasteiger partial charge in [0.05, 0.1) is 13.7 Å². The van der Waals surface area contributed by atoms with Crippen LogP contribution in [-0.4, -0.2) is 48.6 Å². The predicted octanol–water partition coefficient (Wildman–Crippen LogP) is 0.953. The van der Waals surface area contributed by atoms with E-state index in [2.05, 4.69) is 4.74 Å². The second-order valence-corrected chi connectivity index (χ2v) is 4.40. The second kappa shape index (κ2) is 12.6. The highest BCUT2D eigenvalue weighted by atomic mass is 16.5. The third-order valence-electron chi connectivity index (χ3n) is 2.61. The highest BCUT2D eigenvalue weighted by Gasteiger charge is 2.04. The maximum atomic E-state index is 11.2. The Balaban J connectivity index is 3.43. The number of allylic oxidation sites excluding steroid dienone is 1. The van der Waals surface area contributed by atoms with Crippen LogP contribution < -0.4 is 0 Å². The van der Waals surface area contributed by atoms with E-state index in [1.165, 1.54) is 13.2 Å². The number of methoxy groups -OCH3 is 1. The van der Waals surface area contributed by atoms with Crippen LogP contribution >= 0.6 is 0 Å². The molecule has 0 amide bonds. The number of carbonyl (C=O) groups is 2. The molecule has 116 valence electrons. The van der Waals surface area contributed by atoms with Crippen LogP contribution in [0, 0.1) is 0 Å². The third kappa shape index (κ3) is 11.7. The Labute approximate surface area is 119 Å². The number of esters is 2. The molecule has 6 nitrogen and oxygen atoms in total. The number of hydrogen-bond donors (Lipinski definition) is 2. The van der Waals surface area contributed by atoms with E-state index in [1.54, 1.807) is 6.08 Å². The zero-order valence-corrected chi connectivity index (χ0v) is 11.9. The molecule has 0 rings (SSSR count). The van der Waals surface area contributed by atoms with Crippen LogP contribution in [0.2, 0.25) is 0 Å². The van der Waals surface area contributed by atoms with Crippen LogP contribution in [0.5, 0.6) is 0 Å². The van der Waals surface area contributed by atoms with Gasteiger partial charge in [-0.1, -0.05) is 18.9 Å². The molecule has 0 aromatic carbocycles. The van der Waals surface area contributed by atoms with E-state index in [9.17, 15) is 9.59 Å². The first-order chi connectivity index (χ1) is 9.60. The molecule has 6 heteroatoms. The first-order valence-electron chi connectivity index (χ1n) is 6.79. The fourth-order valence-electron chi connectivity index (χ4n) is 1.45. The highest BCUT2D eigenvalue weighted by molar-refractivity contribution is 5.81. The number of carbonyl (C=O) groups excluding carboxylic acids is 2. The van der Waals surface area contributed by atoms with Crippen LogP contribution in [0.4, 0.5) is 0 Å². The van der Waals surface area contributed by atoms with Gasteiger partial charge in [-0.15, -0.1) is 0 Å². The van der Waals surface area contributed by atoms with Crippen molar-refractivity contribution in [1.82, 2.24) is 0 Å². The Morgan fingerprint density at radius 2 is 1.90 bits per heavy atom. The fourth-order valence-corrected chi connectivity index (χ4v) is 1.45. The predicted molar refractivity (Wildman–Crippen MR) is 72.9 cm³/mol. The summed E-state index contributed by atoms with van der Waals surface area (Å²) in [6.45, 7) is -0.629. The molecule has 0 bridgehead atoms. The topological polar surface area (TPSA) is 93.1 Å². The standard InChI is InChI=1S/C14H24O6/c1-19-13(17)8-6-4-2-3-5-7-9-14(18)20-11-12(16)10-15/h7,9,12,15-16H,2-6,8,10-11H2,1H3/t12-/m1/s1. The summed E-state index contributed by atoms with van der Waals surface area (Å²) in [6.07, 6.45) is 6.91. The van der Waals surface area contributed by atoms with E-state index in [-0.39, 0.29) is 12.6 Å². The van der Waals surface area contributed by atoms with Crippen molar-refractivity contribution in [2.75, 3.05) is 20.3 Å². The average molecular weight is 288 g/mol. The maximum Gasteiger partial charge on any atom is 0.330 e. The van der Waals surface area contributed by atoms with Gasteiger partial charge in [-0.2, -0.15) is 0 Å². The Morgan fingerprint density at radius 3 is 2.55 bits per heavy atom. The van der Waals surface area contributed by atoms with Crippen molar-refractivity contribution in [2.24, 2.45) is 0 Å². The lowest BCUT2D eigenvalue weighted by molar-refractivity contribution is -0.142. The number of unbranched alkanes of at least 4 members (excludes halogenated alkanes) is 4. The number of aliphatic hydroxyl groups excluding tert-OH is 2. The molecule has 20 heavy (non-hydrogen) atoms. The van der Waals surface area contributed by atoms with Crippen molar-refractivity contribution in [3.05, 3.63) is 12.2 Å². The van der Waals surface area contributed by atoms with Gasteiger partial charge in [0, 0.05) is 12.5 Å². The van der Waals surface area contributed by atoms with Gasteiger partial charge >= 0.3 is 11.9 Å². The molecule has 0 spiro atoms. The monoisotopic (exact) mass is 288 g/mol. The number of hydrogen-bond acceptors (Lipinski definition) is 6.